The van der Waals surface area contributed by atoms with E-state index in [2.05, 4.69) is 31.0 Å². The highest BCUT2D eigenvalue weighted by atomic mass is 19.1. The van der Waals surface area contributed by atoms with E-state index in [-0.39, 0.29) is 0 Å². The summed E-state index contributed by atoms with van der Waals surface area (Å²) in [5.41, 5.74) is 2.25. The van der Waals surface area contributed by atoms with Gasteiger partial charge >= 0.3 is 0 Å². The Balaban J connectivity index is 2.25. The van der Waals surface area contributed by atoms with E-state index in [1.165, 1.54) is 18.1 Å². The Morgan fingerprint density at radius 2 is 2.00 bits per heavy atom. The van der Waals surface area contributed by atoms with Gasteiger partial charge in [0, 0.05) is 5.69 Å². The van der Waals surface area contributed by atoms with E-state index in [0.29, 0.717) is 5.92 Å². The SMILES string of the molecule is CCC(C)c1ccc(-n2cnc(F)c2)cc1. The first-order valence-electron chi connectivity index (χ1n) is 5.50. The van der Waals surface area contributed by atoms with Crippen LogP contribution in [0.5, 0.6) is 0 Å². The maximum Gasteiger partial charge on any atom is 0.231 e. The molecule has 0 bridgehead atoms. The second kappa shape index (κ2) is 4.47. The van der Waals surface area contributed by atoms with Gasteiger partial charge in [0.05, 0.1) is 6.20 Å². The molecule has 1 unspecified atom stereocenters. The van der Waals surface area contributed by atoms with Crippen LogP contribution in [0.15, 0.2) is 36.8 Å². The molecule has 0 saturated heterocycles. The molecule has 1 aromatic carbocycles. The van der Waals surface area contributed by atoms with Crippen molar-refractivity contribution in [3.63, 3.8) is 0 Å². The summed E-state index contributed by atoms with van der Waals surface area (Å²) < 4.78 is 14.4. The Morgan fingerprint density at radius 1 is 1.31 bits per heavy atom. The minimum absolute atomic E-state index is 0.453. The van der Waals surface area contributed by atoms with Crippen molar-refractivity contribution in [2.45, 2.75) is 26.2 Å². The molecule has 3 heteroatoms. The lowest BCUT2D eigenvalue weighted by molar-refractivity contribution is 0.590. The van der Waals surface area contributed by atoms with Gasteiger partial charge in [0.1, 0.15) is 6.33 Å². The second-order valence-corrected chi connectivity index (χ2v) is 4.00. The summed E-state index contributed by atoms with van der Waals surface area (Å²) in [4.78, 5) is 3.56. The Hall–Kier alpha value is -1.64. The van der Waals surface area contributed by atoms with Gasteiger partial charge in [0.2, 0.25) is 5.95 Å². The summed E-state index contributed by atoms with van der Waals surface area (Å²) in [6.07, 6.45) is 3.98. The number of rotatable bonds is 3. The predicted molar refractivity (Wildman–Crippen MR) is 62.2 cm³/mol. The summed E-state index contributed by atoms with van der Waals surface area (Å²) >= 11 is 0. The summed E-state index contributed by atoms with van der Waals surface area (Å²) in [5, 5.41) is 0. The van der Waals surface area contributed by atoms with Gasteiger partial charge < -0.3 is 4.57 Å². The summed E-state index contributed by atoms with van der Waals surface area (Å²) in [6.45, 7) is 4.37. The summed E-state index contributed by atoms with van der Waals surface area (Å²) in [6, 6.07) is 8.15. The molecule has 16 heavy (non-hydrogen) atoms. The molecule has 0 aliphatic carbocycles. The number of benzene rings is 1. The fourth-order valence-electron chi connectivity index (χ4n) is 1.65. The van der Waals surface area contributed by atoms with Crippen LogP contribution in [0.3, 0.4) is 0 Å². The minimum Gasteiger partial charge on any atom is -0.303 e. The monoisotopic (exact) mass is 218 g/mol. The second-order valence-electron chi connectivity index (χ2n) is 4.00. The van der Waals surface area contributed by atoms with Crippen molar-refractivity contribution in [1.29, 1.82) is 0 Å². The molecule has 0 saturated carbocycles. The summed E-state index contributed by atoms with van der Waals surface area (Å²) in [5.74, 6) is 0.111. The van der Waals surface area contributed by atoms with Gasteiger partial charge in [-0.2, -0.15) is 4.39 Å². The number of halogens is 1. The van der Waals surface area contributed by atoms with Crippen LogP contribution in [0, 0.1) is 5.95 Å². The fourth-order valence-corrected chi connectivity index (χ4v) is 1.65. The molecule has 0 spiro atoms. The van der Waals surface area contributed by atoms with Gasteiger partial charge in [-0.05, 0) is 30.0 Å². The molecule has 84 valence electrons. The van der Waals surface area contributed by atoms with Gasteiger partial charge in [-0.25, -0.2) is 4.98 Å². The molecule has 0 N–H and O–H groups in total. The van der Waals surface area contributed by atoms with Crippen LogP contribution < -0.4 is 0 Å². The third-order valence-corrected chi connectivity index (χ3v) is 2.92. The van der Waals surface area contributed by atoms with Crippen LogP contribution in [0.25, 0.3) is 5.69 Å². The molecular weight excluding hydrogens is 203 g/mol. The maximum atomic E-state index is 12.7. The zero-order chi connectivity index (χ0) is 11.5. The standard InChI is InChI=1S/C13H15FN2/c1-3-10(2)11-4-6-12(7-5-11)16-8-13(14)15-9-16/h4-10H,3H2,1-2H3. The van der Waals surface area contributed by atoms with Crippen molar-refractivity contribution in [3.8, 4) is 5.69 Å². The quantitative estimate of drug-likeness (QED) is 0.770. The molecule has 1 heterocycles. The Labute approximate surface area is 94.8 Å². The van der Waals surface area contributed by atoms with Crippen LogP contribution in [0.2, 0.25) is 0 Å². The number of imidazole rings is 1. The topological polar surface area (TPSA) is 17.8 Å². The highest BCUT2D eigenvalue weighted by Gasteiger charge is 2.03. The predicted octanol–water partition coefficient (Wildman–Crippen LogP) is 3.52. The van der Waals surface area contributed by atoms with E-state index >= 15 is 0 Å². The molecule has 2 rings (SSSR count). The summed E-state index contributed by atoms with van der Waals surface area (Å²) in [7, 11) is 0. The largest absolute Gasteiger partial charge is 0.303 e. The third kappa shape index (κ3) is 2.13. The van der Waals surface area contributed by atoms with Crippen molar-refractivity contribution in [1.82, 2.24) is 9.55 Å². The van der Waals surface area contributed by atoms with Crippen molar-refractivity contribution in [2.24, 2.45) is 0 Å². The molecule has 2 nitrogen and oxygen atoms in total. The number of hydrogen-bond acceptors (Lipinski definition) is 1. The van der Waals surface area contributed by atoms with Crippen molar-refractivity contribution >= 4 is 0 Å². The van der Waals surface area contributed by atoms with E-state index in [4.69, 9.17) is 0 Å². The molecule has 2 aromatic rings. The molecule has 0 aliphatic rings. The van der Waals surface area contributed by atoms with E-state index in [1.807, 2.05) is 12.1 Å². The molecule has 0 aliphatic heterocycles. The van der Waals surface area contributed by atoms with Crippen LogP contribution in [-0.2, 0) is 0 Å². The average molecular weight is 218 g/mol. The van der Waals surface area contributed by atoms with Gasteiger partial charge in [-0.1, -0.05) is 26.0 Å². The molecule has 0 amide bonds. The molecule has 0 radical (unpaired) electrons. The zero-order valence-corrected chi connectivity index (χ0v) is 9.52. The normalized spacial score (nSPS) is 12.7. The first-order chi connectivity index (χ1) is 7.70. The fraction of sp³-hybridized carbons (Fsp3) is 0.308. The first kappa shape index (κ1) is 10.9. The van der Waals surface area contributed by atoms with Crippen LogP contribution in [-0.4, -0.2) is 9.55 Å². The third-order valence-electron chi connectivity index (χ3n) is 2.92. The highest BCUT2D eigenvalue weighted by molar-refractivity contribution is 5.35. The zero-order valence-electron chi connectivity index (χ0n) is 9.52. The van der Waals surface area contributed by atoms with Gasteiger partial charge in [-0.3, -0.25) is 0 Å². The Bertz CT molecular complexity index is 459. The lowest BCUT2D eigenvalue weighted by atomic mass is 9.99. The molecule has 1 aromatic heterocycles. The van der Waals surface area contributed by atoms with E-state index in [1.54, 1.807) is 4.57 Å². The van der Waals surface area contributed by atoms with Crippen molar-refractivity contribution < 1.29 is 4.39 Å². The van der Waals surface area contributed by atoms with Crippen LogP contribution in [0.1, 0.15) is 31.7 Å². The maximum absolute atomic E-state index is 12.7. The van der Waals surface area contributed by atoms with Gasteiger partial charge in [-0.15, -0.1) is 0 Å². The van der Waals surface area contributed by atoms with Crippen molar-refractivity contribution in [3.05, 3.63) is 48.3 Å². The Kier molecular flexibility index (Phi) is 3.04. The first-order valence-corrected chi connectivity index (χ1v) is 5.50. The smallest absolute Gasteiger partial charge is 0.231 e. The molecular formula is C13H15FN2. The average Bonchev–Trinajstić information content (AvgIpc) is 2.75. The van der Waals surface area contributed by atoms with Crippen LogP contribution >= 0.6 is 0 Å². The van der Waals surface area contributed by atoms with E-state index in [9.17, 15) is 4.39 Å². The molecule has 0 fully saturated rings. The number of aromatic nitrogens is 2. The van der Waals surface area contributed by atoms with E-state index in [0.717, 1.165) is 12.1 Å². The Morgan fingerprint density at radius 3 is 2.50 bits per heavy atom. The number of hydrogen-bond donors (Lipinski definition) is 0. The van der Waals surface area contributed by atoms with Crippen molar-refractivity contribution in [2.75, 3.05) is 0 Å². The van der Waals surface area contributed by atoms with E-state index < -0.39 is 5.95 Å². The lowest BCUT2D eigenvalue weighted by Gasteiger charge is -2.09. The van der Waals surface area contributed by atoms with Gasteiger partial charge in [0.15, 0.2) is 0 Å². The lowest BCUT2D eigenvalue weighted by Crippen LogP contribution is -1.94. The van der Waals surface area contributed by atoms with Gasteiger partial charge in [0.25, 0.3) is 0 Å². The number of nitrogens with zero attached hydrogens (tertiary/aromatic N) is 2. The molecule has 1 atom stereocenters. The van der Waals surface area contributed by atoms with Crippen LogP contribution in [0.4, 0.5) is 4.39 Å². The highest BCUT2D eigenvalue weighted by Crippen LogP contribution is 2.20. The minimum atomic E-state index is -0.453.